The van der Waals surface area contributed by atoms with Crippen molar-refractivity contribution in [2.24, 2.45) is 7.05 Å². The van der Waals surface area contributed by atoms with Crippen LogP contribution < -0.4 is 5.32 Å². The molecule has 2 rings (SSSR count). The average Bonchev–Trinajstić information content (AvgIpc) is 2.62. The highest BCUT2D eigenvalue weighted by Gasteiger charge is 1.98. The highest BCUT2D eigenvalue weighted by molar-refractivity contribution is 5.33. The van der Waals surface area contributed by atoms with Gasteiger partial charge in [0.15, 0.2) is 0 Å². The molecule has 0 aromatic carbocycles. The van der Waals surface area contributed by atoms with Gasteiger partial charge in [-0.25, -0.2) is 9.97 Å². The lowest BCUT2D eigenvalue weighted by Gasteiger charge is -2.03. The normalized spacial score (nSPS) is 10.3. The molecule has 15 heavy (non-hydrogen) atoms. The molecular weight excluding hydrogens is 190 g/mol. The van der Waals surface area contributed by atoms with Gasteiger partial charge in [-0.2, -0.15) is 5.10 Å². The standard InChI is InChI=1S/C10H13N5/c1-8-11-5-3-10(13-8)12-7-9-4-6-15(2)14-9/h3-6H,7H2,1-2H3,(H,11,12,13). The predicted octanol–water partition coefficient (Wildman–Crippen LogP) is 1.13. The molecule has 0 aliphatic carbocycles. The Bertz CT molecular complexity index is 449. The Balaban J connectivity index is 1.99. The second-order valence-corrected chi connectivity index (χ2v) is 3.32. The van der Waals surface area contributed by atoms with Crippen molar-refractivity contribution in [2.45, 2.75) is 13.5 Å². The van der Waals surface area contributed by atoms with Crippen LogP contribution in [0.4, 0.5) is 5.82 Å². The average molecular weight is 203 g/mol. The van der Waals surface area contributed by atoms with Crippen LogP contribution in [0.15, 0.2) is 24.5 Å². The number of nitrogens with zero attached hydrogens (tertiary/aromatic N) is 4. The van der Waals surface area contributed by atoms with E-state index in [-0.39, 0.29) is 0 Å². The van der Waals surface area contributed by atoms with Crippen molar-refractivity contribution >= 4 is 5.82 Å². The van der Waals surface area contributed by atoms with Gasteiger partial charge in [-0.1, -0.05) is 0 Å². The molecule has 0 saturated heterocycles. The largest absolute Gasteiger partial charge is 0.364 e. The highest BCUT2D eigenvalue weighted by Crippen LogP contribution is 2.03. The van der Waals surface area contributed by atoms with Crippen molar-refractivity contribution in [3.05, 3.63) is 36.0 Å². The van der Waals surface area contributed by atoms with E-state index in [1.807, 2.05) is 32.3 Å². The summed E-state index contributed by atoms with van der Waals surface area (Å²) in [4.78, 5) is 8.27. The summed E-state index contributed by atoms with van der Waals surface area (Å²) in [5, 5.41) is 7.45. The van der Waals surface area contributed by atoms with Crippen LogP contribution in [0.2, 0.25) is 0 Å². The van der Waals surface area contributed by atoms with Gasteiger partial charge in [-0.15, -0.1) is 0 Å². The van der Waals surface area contributed by atoms with Crippen LogP contribution in [0.25, 0.3) is 0 Å². The molecule has 78 valence electrons. The van der Waals surface area contributed by atoms with Gasteiger partial charge in [0.05, 0.1) is 12.2 Å². The first-order valence-electron chi connectivity index (χ1n) is 4.76. The summed E-state index contributed by atoms with van der Waals surface area (Å²) in [6, 6.07) is 3.82. The summed E-state index contributed by atoms with van der Waals surface area (Å²) in [6.45, 7) is 2.54. The number of anilines is 1. The summed E-state index contributed by atoms with van der Waals surface area (Å²) in [5.74, 6) is 1.59. The molecule has 2 aromatic rings. The van der Waals surface area contributed by atoms with E-state index in [0.29, 0.717) is 6.54 Å². The fourth-order valence-electron chi connectivity index (χ4n) is 1.29. The number of aromatic nitrogens is 4. The SMILES string of the molecule is Cc1nccc(NCc2ccn(C)n2)n1. The van der Waals surface area contributed by atoms with E-state index in [4.69, 9.17) is 0 Å². The minimum atomic E-state index is 0.678. The van der Waals surface area contributed by atoms with Crippen LogP contribution in [-0.2, 0) is 13.6 Å². The Labute approximate surface area is 88.2 Å². The molecule has 2 aromatic heterocycles. The minimum absolute atomic E-state index is 0.678. The first-order valence-corrected chi connectivity index (χ1v) is 4.76. The van der Waals surface area contributed by atoms with E-state index in [1.54, 1.807) is 10.9 Å². The Hall–Kier alpha value is -1.91. The van der Waals surface area contributed by atoms with Crippen LogP contribution in [0.5, 0.6) is 0 Å². The van der Waals surface area contributed by atoms with E-state index in [2.05, 4.69) is 20.4 Å². The van der Waals surface area contributed by atoms with E-state index in [1.165, 1.54) is 0 Å². The van der Waals surface area contributed by atoms with Crippen molar-refractivity contribution < 1.29 is 0 Å². The maximum atomic E-state index is 4.26. The molecule has 0 atom stereocenters. The van der Waals surface area contributed by atoms with Crippen LogP contribution in [0, 0.1) is 6.92 Å². The van der Waals surface area contributed by atoms with E-state index in [9.17, 15) is 0 Å². The topological polar surface area (TPSA) is 55.6 Å². The van der Waals surface area contributed by atoms with E-state index >= 15 is 0 Å². The molecule has 0 fully saturated rings. The lowest BCUT2D eigenvalue weighted by molar-refractivity contribution is 0.746. The molecule has 5 heteroatoms. The minimum Gasteiger partial charge on any atom is -0.364 e. The summed E-state index contributed by atoms with van der Waals surface area (Å²) in [7, 11) is 1.90. The lowest BCUT2D eigenvalue weighted by atomic mass is 10.4. The lowest BCUT2D eigenvalue weighted by Crippen LogP contribution is -2.03. The third kappa shape index (κ3) is 2.52. The molecule has 5 nitrogen and oxygen atoms in total. The Morgan fingerprint density at radius 1 is 1.40 bits per heavy atom. The van der Waals surface area contributed by atoms with E-state index in [0.717, 1.165) is 17.3 Å². The molecule has 2 heterocycles. The van der Waals surface area contributed by atoms with Crippen LogP contribution in [-0.4, -0.2) is 19.7 Å². The smallest absolute Gasteiger partial charge is 0.129 e. The van der Waals surface area contributed by atoms with Crippen molar-refractivity contribution in [3.8, 4) is 0 Å². The number of hydrogen-bond acceptors (Lipinski definition) is 4. The van der Waals surface area contributed by atoms with Gasteiger partial charge >= 0.3 is 0 Å². The first kappa shape index (κ1) is 9.64. The van der Waals surface area contributed by atoms with Gasteiger partial charge in [0, 0.05) is 19.4 Å². The molecule has 0 aliphatic heterocycles. The molecule has 0 spiro atoms. The Morgan fingerprint density at radius 2 is 2.27 bits per heavy atom. The number of hydrogen-bond donors (Lipinski definition) is 1. The molecular formula is C10H13N5. The van der Waals surface area contributed by atoms with Gasteiger partial charge < -0.3 is 5.32 Å². The summed E-state index contributed by atoms with van der Waals surface area (Å²) >= 11 is 0. The molecule has 0 unspecified atom stereocenters. The van der Waals surface area contributed by atoms with Gasteiger partial charge in [-0.3, -0.25) is 4.68 Å². The Morgan fingerprint density at radius 3 is 2.93 bits per heavy atom. The molecule has 0 aliphatic rings. The van der Waals surface area contributed by atoms with Crippen LogP contribution in [0.1, 0.15) is 11.5 Å². The molecule has 1 N–H and O–H groups in total. The van der Waals surface area contributed by atoms with Crippen molar-refractivity contribution in [1.29, 1.82) is 0 Å². The van der Waals surface area contributed by atoms with Crippen molar-refractivity contribution in [2.75, 3.05) is 5.32 Å². The second-order valence-electron chi connectivity index (χ2n) is 3.32. The molecule has 0 saturated carbocycles. The fraction of sp³-hybridized carbons (Fsp3) is 0.300. The number of nitrogens with one attached hydrogen (secondary N) is 1. The van der Waals surface area contributed by atoms with Crippen LogP contribution in [0.3, 0.4) is 0 Å². The third-order valence-electron chi connectivity index (χ3n) is 2.00. The molecule has 0 bridgehead atoms. The fourth-order valence-corrected chi connectivity index (χ4v) is 1.29. The van der Waals surface area contributed by atoms with Gasteiger partial charge in [0.2, 0.25) is 0 Å². The first-order chi connectivity index (χ1) is 7.24. The number of aryl methyl sites for hydroxylation is 2. The van der Waals surface area contributed by atoms with Crippen molar-refractivity contribution in [3.63, 3.8) is 0 Å². The zero-order chi connectivity index (χ0) is 10.7. The van der Waals surface area contributed by atoms with Gasteiger partial charge in [-0.05, 0) is 19.1 Å². The van der Waals surface area contributed by atoms with Gasteiger partial charge in [0.1, 0.15) is 11.6 Å². The summed E-state index contributed by atoms with van der Waals surface area (Å²) < 4.78 is 1.78. The Kier molecular flexibility index (Phi) is 2.62. The maximum absolute atomic E-state index is 4.26. The van der Waals surface area contributed by atoms with Crippen molar-refractivity contribution in [1.82, 2.24) is 19.7 Å². The maximum Gasteiger partial charge on any atom is 0.129 e. The van der Waals surface area contributed by atoms with Gasteiger partial charge in [0.25, 0.3) is 0 Å². The molecule has 0 radical (unpaired) electrons. The zero-order valence-corrected chi connectivity index (χ0v) is 8.81. The second kappa shape index (κ2) is 4.08. The highest BCUT2D eigenvalue weighted by atomic mass is 15.3. The quantitative estimate of drug-likeness (QED) is 0.812. The monoisotopic (exact) mass is 203 g/mol. The van der Waals surface area contributed by atoms with E-state index < -0.39 is 0 Å². The zero-order valence-electron chi connectivity index (χ0n) is 8.81. The summed E-state index contributed by atoms with van der Waals surface area (Å²) in [6.07, 6.45) is 3.66. The predicted molar refractivity (Wildman–Crippen MR) is 57.3 cm³/mol. The molecule has 0 amide bonds. The number of rotatable bonds is 3. The summed E-state index contributed by atoms with van der Waals surface area (Å²) in [5.41, 5.74) is 0.994. The van der Waals surface area contributed by atoms with Crippen LogP contribution >= 0.6 is 0 Å². The third-order valence-corrected chi connectivity index (χ3v) is 2.00.